The second kappa shape index (κ2) is 9.69. The molecule has 6 nitrogen and oxygen atoms in total. The molecule has 0 radical (unpaired) electrons. The van der Waals surface area contributed by atoms with Crippen molar-refractivity contribution in [3.63, 3.8) is 0 Å². The fourth-order valence-electron chi connectivity index (χ4n) is 2.93. The lowest BCUT2D eigenvalue weighted by Crippen LogP contribution is -2.42. The van der Waals surface area contributed by atoms with Crippen LogP contribution in [-0.4, -0.2) is 44.3 Å². The molecule has 2 N–H and O–H groups in total. The van der Waals surface area contributed by atoms with Gasteiger partial charge in [-0.05, 0) is 57.9 Å². The molecule has 2 atom stereocenters. The van der Waals surface area contributed by atoms with Crippen molar-refractivity contribution >= 4 is 28.3 Å². The number of carbonyl (C=O) groups is 1. The number of carbonyl (C=O) groups excluding carboxylic acids is 1. The Kier molecular flexibility index (Phi) is 8.53. The van der Waals surface area contributed by atoms with E-state index in [1.165, 1.54) is 4.31 Å². The Hall–Kier alpha value is -1.15. The van der Waals surface area contributed by atoms with E-state index in [1.807, 2.05) is 13.8 Å². The first kappa shape index (κ1) is 22.9. The molecule has 0 spiro atoms. The number of piperidine rings is 1. The molecular weight excluding hydrogens is 374 g/mol. The van der Waals surface area contributed by atoms with Crippen LogP contribution in [0.15, 0.2) is 29.2 Å². The third-order valence-corrected chi connectivity index (χ3v) is 6.84. The van der Waals surface area contributed by atoms with E-state index in [9.17, 15) is 13.2 Å². The lowest BCUT2D eigenvalue weighted by Gasteiger charge is -2.27. The van der Waals surface area contributed by atoms with Crippen LogP contribution in [0.4, 0.5) is 0 Å². The molecule has 1 amide bonds. The molecule has 26 heavy (non-hydrogen) atoms. The summed E-state index contributed by atoms with van der Waals surface area (Å²) in [5.74, 6) is 0.125. The first-order chi connectivity index (χ1) is 11.7. The first-order valence-electron chi connectivity index (χ1n) is 8.80. The van der Waals surface area contributed by atoms with E-state index in [1.54, 1.807) is 31.3 Å². The minimum atomic E-state index is -3.47. The van der Waals surface area contributed by atoms with E-state index < -0.39 is 10.0 Å². The maximum Gasteiger partial charge on any atom is 0.243 e. The largest absolute Gasteiger partial charge is 0.352 e. The van der Waals surface area contributed by atoms with Crippen molar-refractivity contribution < 1.29 is 13.2 Å². The van der Waals surface area contributed by atoms with Gasteiger partial charge in [0.15, 0.2) is 0 Å². The maximum absolute atomic E-state index is 12.4. The molecule has 0 unspecified atom stereocenters. The fourth-order valence-corrected chi connectivity index (χ4v) is 4.29. The summed E-state index contributed by atoms with van der Waals surface area (Å²) in [6.07, 6.45) is 1.71. The van der Waals surface area contributed by atoms with Gasteiger partial charge in [0.2, 0.25) is 15.9 Å². The number of nitrogens with one attached hydrogen (secondary N) is 2. The van der Waals surface area contributed by atoms with Crippen LogP contribution in [0.1, 0.15) is 39.2 Å². The lowest BCUT2D eigenvalue weighted by molar-refractivity contribution is -0.126. The van der Waals surface area contributed by atoms with Gasteiger partial charge < -0.3 is 10.6 Å². The van der Waals surface area contributed by atoms with E-state index in [-0.39, 0.29) is 35.2 Å². The third-order valence-electron chi connectivity index (χ3n) is 4.79. The summed E-state index contributed by atoms with van der Waals surface area (Å²) >= 11 is 0. The molecule has 0 saturated carbocycles. The lowest BCUT2D eigenvalue weighted by atomic mass is 9.92. The highest BCUT2D eigenvalue weighted by Gasteiger charge is 2.25. The Morgan fingerprint density at radius 2 is 1.92 bits per heavy atom. The molecule has 0 aromatic heterocycles. The number of hydrogen-bond donors (Lipinski definition) is 2. The molecular formula is C18H30ClN3O3S. The summed E-state index contributed by atoms with van der Waals surface area (Å²) in [6.45, 7) is 7.05. The zero-order valence-electron chi connectivity index (χ0n) is 15.9. The van der Waals surface area contributed by atoms with Gasteiger partial charge in [-0.2, -0.15) is 4.31 Å². The average Bonchev–Trinajstić information content (AvgIpc) is 2.59. The van der Waals surface area contributed by atoms with Gasteiger partial charge in [0.25, 0.3) is 0 Å². The van der Waals surface area contributed by atoms with Crippen molar-refractivity contribution in [1.29, 1.82) is 0 Å². The minimum absolute atomic E-state index is 0. The SMILES string of the molecule is CC(C)N(C)S(=O)(=O)c1ccc(CNC(=O)[C@H]2CCN[C@@H](C)C2)cc1.Cl. The van der Waals surface area contributed by atoms with Crippen molar-refractivity contribution in [2.75, 3.05) is 13.6 Å². The van der Waals surface area contributed by atoms with Crippen molar-refractivity contribution in [2.45, 2.75) is 57.1 Å². The molecule has 148 valence electrons. The summed E-state index contributed by atoms with van der Waals surface area (Å²) < 4.78 is 26.2. The second-order valence-electron chi connectivity index (χ2n) is 7.05. The summed E-state index contributed by atoms with van der Waals surface area (Å²) in [4.78, 5) is 12.5. The maximum atomic E-state index is 12.4. The Morgan fingerprint density at radius 1 is 1.31 bits per heavy atom. The van der Waals surface area contributed by atoms with Gasteiger partial charge in [-0.3, -0.25) is 4.79 Å². The van der Waals surface area contributed by atoms with Crippen LogP contribution in [0, 0.1) is 5.92 Å². The molecule has 0 bridgehead atoms. The highest BCUT2D eigenvalue weighted by Crippen LogP contribution is 2.18. The zero-order valence-corrected chi connectivity index (χ0v) is 17.5. The number of hydrogen-bond acceptors (Lipinski definition) is 4. The van der Waals surface area contributed by atoms with Crippen molar-refractivity contribution in [1.82, 2.24) is 14.9 Å². The quantitative estimate of drug-likeness (QED) is 0.762. The number of amides is 1. The Balaban J connectivity index is 0.00000338. The van der Waals surface area contributed by atoms with Crippen LogP contribution < -0.4 is 10.6 Å². The highest BCUT2D eigenvalue weighted by molar-refractivity contribution is 7.89. The van der Waals surface area contributed by atoms with E-state index in [0.29, 0.717) is 12.6 Å². The van der Waals surface area contributed by atoms with Crippen LogP contribution >= 0.6 is 12.4 Å². The first-order valence-corrected chi connectivity index (χ1v) is 10.2. The third kappa shape index (κ3) is 5.67. The normalized spacial score (nSPS) is 20.7. The van der Waals surface area contributed by atoms with Crippen LogP contribution in [0.3, 0.4) is 0 Å². The number of rotatable bonds is 6. The molecule has 8 heteroatoms. The van der Waals surface area contributed by atoms with Gasteiger partial charge in [0, 0.05) is 31.6 Å². The Morgan fingerprint density at radius 3 is 2.46 bits per heavy atom. The summed E-state index contributed by atoms with van der Waals surface area (Å²) in [5.41, 5.74) is 0.890. The number of nitrogens with zero attached hydrogens (tertiary/aromatic N) is 1. The summed E-state index contributed by atoms with van der Waals surface area (Å²) in [5, 5.41) is 6.30. The number of halogens is 1. The van der Waals surface area contributed by atoms with Crippen molar-refractivity contribution in [2.24, 2.45) is 5.92 Å². The molecule has 2 rings (SSSR count). The Bertz CT molecular complexity index is 692. The molecule has 1 aliphatic heterocycles. The van der Waals surface area contributed by atoms with Crippen LogP contribution in [-0.2, 0) is 21.4 Å². The Labute approximate surface area is 163 Å². The summed E-state index contributed by atoms with van der Waals surface area (Å²) in [7, 11) is -1.89. The van der Waals surface area contributed by atoms with Crippen molar-refractivity contribution in [3.05, 3.63) is 29.8 Å². The van der Waals surface area contributed by atoms with Gasteiger partial charge in [-0.25, -0.2) is 8.42 Å². The van der Waals surface area contributed by atoms with E-state index in [2.05, 4.69) is 17.6 Å². The van der Waals surface area contributed by atoms with Gasteiger partial charge in [-0.1, -0.05) is 12.1 Å². The van der Waals surface area contributed by atoms with Crippen LogP contribution in [0.25, 0.3) is 0 Å². The van der Waals surface area contributed by atoms with E-state index in [4.69, 9.17) is 0 Å². The van der Waals surface area contributed by atoms with Gasteiger partial charge in [0.1, 0.15) is 0 Å². The fraction of sp³-hybridized carbons (Fsp3) is 0.611. The van der Waals surface area contributed by atoms with Gasteiger partial charge in [0.05, 0.1) is 4.90 Å². The molecule has 1 aromatic rings. The number of sulfonamides is 1. The predicted molar refractivity (Wildman–Crippen MR) is 106 cm³/mol. The molecule has 1 heterocycles. The molecule has 1 aliphatic rings. The predicted octanol–water partition coefficient (Wildman–Crippen LogP) is 2.14. The summed E-state index contributed by atoms with van der Waals surface area (Å²) in [6, 6.07) is 6.98. The molecule has 0 aliphatic carbocycles. The van der Waals surface area contributed by atoms with Gasteiger partial charge >= 0.3 is 0 Å². The standard InChI is InChI=1S/C18H29N3O3S.ClH/c1-13(2)21(4)25(23,24)17-7-5-15(6-8-17)12-20-18(22)16-9-10-19-14(3)11-16;/h5-8,13-14,16,19H,9-12H2,1-4H3,(H,20,22);1H/t14-,16-;/m0./s1. The van der Waals surface area contributed by atoms with E-state index in [0.717, 1.165) is 24.9 Å². The van der Waals surface area contributed by atoms with E-state index >= 15 is 0 Å². The number of benzene rings is 1. The minimum Gasteiger partial charge on any atom is -0.352 e. The smallest absolute Gasteiger partial charge is 0.243 e. The monoisotopic (exact) mass is 403 g/mol. The average molecular weight is 404 g/mol. The molecule has 1 fully saturated rings. The van der Waals surface area contributed by atoms with Crippen LogP contribution in [0.2, 0.25) is 0 Å². The molecule has 1 aromatic carbocycles. The highest BCUT2D eigenvalue weighted by atomic mass is 35.5. The molecule has 1 saturated heterocycles. The van der Waals surface area contributed by atoms with Crippen molar-refractivity contribution in [3.8, 4) is 0 Å². The van der Waals surface area contributed by atoms with Gasteiger partial charge in [-0.15, -0.1) is 12.4 Å². The second-order valence-corrected chi connectivity index (χ2v) is 9.05. The topological polar surface area (TPSA) is 78.5 Å². The van der Waals surface area contributed by atoms with Crippen LogP contribution in [0.5, 0.6) is 0 Å². The zero-order chi connectivity index (χ0) is 18.6.